The molecule has 0 fully saturated rings. The predicted molar refractivity (Wildman–Crippen MR) is 370 cm³/mol. The highest BCUT2D eigenvalue weighted by Gasteiger charge is 2.21. The molecule has 0 unspecified atom stereocenters. The molecule has 0 saturated heterocycles. The zero-order valence-electron chi connectivity index (χ0n) is 48.2. The van der Waals surface area contributed by atoms with E-state index in [1.54, 1.807) is 12.1 Å². The molecule has 0 spiro atoms. The topological polar surface area (TPSA) is 101 Å². The molecule has 10 heteroatoms. The van der Waals surface area contributed by atoms with Gasteiger partial charge >= 0.3 is 7.12 Å². The first-order valence-electron chi connectivity index (χ1n) is 29.2. The summed E-state index contributed by atoms with van der Waals surface area (Å²) < 4.78 is 12.8. The van der Waals surface area contributed by atoms with Gasteiger partial charge in [-0.15, -0.1) is 0 Å². The van der Waals surface area contributed by atoms with E-state index in [0.717, 1.165) is 77.6 Å². The maximum atomic E-state index is 8.67. The Balaban J connectivity index is 0.000000136. The molecular formula is C80H50BClN4O4. The van der Waals surface area contributed by atoms with Crippen LogP contribution in [0, 0.1) is 13.1 Å². The molecular weight excluding hydrogens is 1130 g/mol. The number of fused-ring (bicyclic) bond motifs is 8. The van der Waals surface area contributed by atoms with Crippen LogP contribution in [0.25, 0.3) is 154 Å². The molecule has 0 atom stereocenters. The predicted octanol–water partition coefficient (Wildman–Crippen LogP) is 21.1. The van der Waals surface area contributed by atoms with E-state index in [0.29, 0.717) is 39.2 Å². The summed E-state index contributed by atoms with van der Waals surface area (Å²) in [5, 5.41) is 27.5. The lowest BCUT2D eigenvalue weighted by Gasteiger charge is -2.13. The second kappa shape index (κ2) is 24.6. The molecule has 424 valence electrons. The van der Waals surface area contributed by atoms with Crippen molar-refractivity contribution >= 4 is 101 Å². The van der Waals surface area contributed by atoms with Crippen molar-refractivity contribution in [2.45, 2.75) is 0 Å². The number of rotatable bonds is 8. The summed E-state index contributed by atoms with van der Waals surface area (Å²) in [6, 6.07) is 97.8. The average Bonchev–Trinajstić information content (AvgIpc) is 1.32. The fraction of sp³-hybridized carbons (Fsp3) is 0. The molecule has 0 bridgehead atoms. The summed E-state index contributed by atoms with van der Waals surface area (Å²) in [6.07, 6.45) is 0. The lowest BCUT2D eigenvalue weighted by atomic mass is 9.80. The minimum atomic E-state index is -1.45. The molecule has 14 aromatic carbocycles. The lowest BCUT2D eigenvalue weighted by molar-refractivity contribution is 0.426. The maximum Gasteiger partial charge on any atom is 0.488 e. The molecule has 0 aliphatic rings. The first kappa shape index (κ1) is 56.1. The normalized spacial score (nSPS) is 11.0. The van der Waals surface area contributed by atoms with Crippen LogP contribution in [0.15, 0.2) is 300 Å². The van der Waals surface area contributed by atoms with Gasteiger partial charge in [-0.25, -0.2) is 19.7 Å². The van der Waals surface area contributed by atoms with Gasteiger partial charge in [0, 0.05) is 33.3 Å². The van der Waals surface area contributed by atoms with E-state index in [2.05, 4.69) is 216 Å². The highest BCUT2D eigenvalue weighted by molar-refractivity contribution is 6.58. The first-order valence-corrected chi connectivity index (χ1v) is 29.6. The summed E-state index contributed by atoms with van der Waals surface area (Å²) in [5.41, 5.74) is 17.3. The summed E-state index contributed by atoms with van der Waals surface area (Å²) in [7, 11) is -1.45. The molecule has 16 rings (SSSR count). The Morgan fingerprint density at radius 1 is 0.322 bits per heavy atom. The fourth-order valence-electron chi connectivity index (χ4n) is 11.7. The number of nitrogens with zero attached hydrogens (tertiary/aromatic N) is 4. The van der Waals surface area contributed by atoms with Crippen molar-refractivity contribution in [3.05, 3.63) is 319 Å². The van der Waals surface area contributed by atoms with E-state index in [-0.39, 0.29) is 0 Å². The third-order valence-corrected chi connectivity index (χ3v) is 16.4. The highest BCUT2D eigenvalue weighted by Crippen LogP contribution is 2.44. The number of benzene rings is 14. The molecule has 8 nitrogen and oxygen atoms in total. The van der Waals surface area contributed by atoms with Crippen LogP contribution in [-0.4, -0.2) is 27.1 Å². The molecule has 0 amide bonds. The van der Waals surface area contributed by atoms with Crippen LogP contribution >= 0.6 is 11.6 Å². The Morgan fingerprint density at radius 3 is 1.13 bits per heavy atom. The van der Waals surface area contributed by atoms with E-state index >= 15 is 0 Å². The Morgan fingerprint density at radius 2 is 0.678 bits per heavy atom. The van der Waals surface area contributed by atoms with Crippen molar-refractivity contribution in [2.24, 2.45) is 0 Å². The largest absolute Gasteiger partial charge is 0.488 e. The van der Waals surface area contributed by atoms with Gasteiger partial charge in [-0.3, -0.25) is 0 Å². The zero-order valence-corrected chi connectivity index (χ0v) is 48.9. The summed E-state index contributed by atoms with van der Waals surface area (Å²) >= 11 is 6.60. The van der Waals surface area contributed by atoms with Gasteiger partial charge in [0.25, 0.3) is 0 Å². The van der Waals surface area contributed by atoms with Gasteiger partial charge in [-0.05, 0) is 148 Å². The van der Waals surface area contributed by atoms with E-state index in [1.807, 2.05) is 60.7 Å². The van der Waals surface area contributed by atoms with Crippen molar-refractivity contribution in [3.63, 3.8) is 0 Å². The van der Waals surface area contributed by atoms with Crippen molar-refractivity contribution in [1.82, 2.24) is 9.97 Å². The van der Waals surface area contributed by atoms with Gasteiger partial charge in [0.05, 0.1) is 13.1 Å². The molecule has 16 aromatic rings. The van der Waals surface area contributed by atoms with Crippen LogP contribution in [-0.2, 0) is 0 Å². The van der Waals surface area contributed by atoms with Gasteiger partial charge in [-0.1, -0.05) is 242 Å². The Labute approximate surface area is 524 Å². The number of oxazole rings is 2. The lowest BCUT2D eigenvalue weighted by Crippen LogP contribution is -2.29. The summed E-state index contributed by atoms with van der Waals surface area (Å²) in [6.45, 7) is 14.0. The number of hydrogen-bond donors (Lipinski definition) is 2. The van der Waals surface area contributed by atoms with E-state index in [4.69, 9.17) is 53.6 Å². The Kier molecular flexibility index (Phi) is 15.3. The van der Waals surface area contributed by atoms with Crippen LogP contribution in [0.5, 0.6) is 0 Å². The average molecular weight is 1180 g/mol. The van der Waals surface area contributed by atoms with Crippen LogP contribution < -0.4 is 5.46 Å². The Bertz CT molecular complexity index is 5410. The van der Waals surface area contributed by atoms with Crippen LogP contribution in [0.3, 0.4) is 0 Å². The summed E-state index contributed by atoms with van der Waals surface area (Å²) in [5.74, 6) is 1.17. The van der Waals surface area contributed by atoms with E-state index in [1.165, 1.54) is 61.0 Å². The van der Waals surface area contributed by atoms with Crippen molar-refractivity contribution in [2.75, 3.05) is 0 Å². The fourth-order valence-corrected chi connectivity index (χ4v) is 11.9. The maximum absolute atomic E-state index is 8.67. The minimum Gasteiger partial charge on any atom is -0.436 e. The van der Waals surface area contributed by atoms with Crippen LogP contribution in [0.1, 0.15) is 0 Å². The number of halogens is 1. The smallest absolute Gasteiger partial charge is 0.436 e. The van der Waals surface area contributed by atoms with Crippen LogP contribution in [0.2, 0.25) is 5.02 Å². The third-order valence-electron chi connectivity index (χ3n) is 16.2. The number of hydrogen-bond acceptors (Lipinski definition) is 6. The molecule has 2 heterocycles. The first-order chi connectivity index (χ1) is 44.2. The Hall–Kier alpha value is -11.7. The zero-order chi connectivity index (χ0) is 61.1. The van der Waals surface area contributed by atoms with E-state index < -0.39 is 7.12 Å². The quantitative estimate of drug-likeness (QED) is 0.0893. The standard InChI is InChI=1S/C40H24N2O.C33H20ClNO.C7H6BNO2/c1-41-32-21-19-28(20-22-32)31-24-37(36-23-30-11-5-6-12-33(30)34-13-7-8-14-35(34)36)39-38(25-31)43-40(42-39)29-17-15-27(16-18-29)26-9-3-2-4-10-26;34-25-19-30(29-18-24-10-4-5-11-26(24)27-12-6-7-13-28(27)29)32-31(20-25)36-33(35-32)23-16-14-22(15-17-23)21-8-2-1-3-9-21;1-9-7-4-2-6(3-5-7)8(10)11/h2-25H;1-20H;2-5,10-11H. The minimum absolute atomic E-state index is 0.400. The van der Waals surface area contributed by atoms with Gasteiger partial charge in [0.2, 0.25) is 11.8 Å². The van der Waals surface area contributed by atoms with Crippen molar-refractivity contribution in [3.8, 4) is 78.5 Å². The molecule has 0 aliphatic carbocycles. The van der Waals surface area contributed by atoms with Gasteiger partial charge < -0.3 is 18.9 Å². The molecule has 2 aromatic heterocycles. The summed E-state index contributed by atoms with van der Waals surface area (Å²) in [4.78, 5) is 16.8. The van der Waals surface area contributed by atoms with E-state index in [9.17, 15) is 0 Å². The second-order valence-corrected chi connectivity index (χ2v) is 22.1. The van der Waals surface area contributed by atoms with Crippen LogP contribution in [0.4, 0.5) is 11.4 Å². The molecule has 0 radical (unpaired) electrons. The second-order valence-electron chi connectivity index (χ2n) is 21.7. The van der Waals surface area contributed by atoms with Gasteiger partial charge in [-0.2, -0.15) is 0 Å². The monoisotopic (exact) mass is 1180 g/mol. The molecule has 2 N–H and O–H groups in total. The van der Waals surface area contributed by atoms with Gasteiger partial charge in [0.15, 0.2) is 22.5 Å². The molecule has 0 aliphatic heterocycles. The molecule has 90 heavy (non-hydrogen) atoms. The molecule has 0 saturated carbocycles. The SMILES string of the molecule is Clc1cc(-c2cc3ccccc3c3ccccc23)c2nc(-c3ccc(-c4ccccc4)cc3)oc2c1.[C-]#[N+]c1ccc(-c2cc(-c3cc4ccccc4c4ccccc34)c3nc(-c4ccc(-c5ccccc5)cc4)oc3c2)cc1.[C-]#[N+]c1ccc(B(O)O)cc1. The van der Waals surface area contributed by atoms with Crippen molar-refractivity contribution in [1.29, 1.82) is 0 Å². The highest BCUT2D eigenvalue weighted by atomic mass is 35.5. The number of aromatic nitrogens is 2. The third kappa shape index (κ3) is 11.2. The van der Waals surface area contributed by atoms with Gasteiger partial charge in [0.1, 0.15) is 11.0 Å². The van der Waals surface area contributed by atoms with Crippen molar-refractivity contribution < 1.29 is 18.9 Å².